The average Bonchev–Trinajstić information content (AvgIpc) is 2.15. The number of rotatable bonds is 4. The molecule has 0 spiro atoms. The van der Waals surface area contributed by atoms with Crippen molar-refractivity contribution in [3.05, 3.63) is 23.9 Å². The largest absolute Gasteiger partial charge is 0.448 e. The van der Waals surface area contributed by atoms with Gasteiger partial charge in [0, 0.05) is 6.20 Å². The van der Waals surface area contributed by atoms with Crippen LogP contribution in [-0.4, -0.2) is 24.2 Å². The first-order valence-electron chi connectivity index (χ1n) is 4.28. The molecular weight excluding hydrogens is 182 g/mol. The number of pyridine rings is 1. The Morgan fingerprint density at radius 1 is 1.71 bits per heavy atom. The Bertz CT molecular complexity index is 315. The molecule has 76 valence electrons. The maximum absolute atomic E-state index is 10.2. The topological polar surface area (TPSA) is 77.2 Å². The molecular formula is C9H13N3O2. The first-order chi connectivity index (χ1) is 6.70. The van der Waals surface area contributed by atoms with E-state index in [-0.39, 0.29) is 6.61 Å². The summed E-state index contributed by atoms with van der Waals surface area (Å²) >= 11 is 0. The van der Waals surface area contributed by atoms with Crippen molar-refractivity contribution < 1.29 is 9.53 Å². The second-order valence-electron chi connectivity index (χ2n) is 2.76. The summed E-state index contributed by atoms with van der Waals surface area (Å²) in [7, 11) is 0. The minimum absolute atomic E-state index is 0.241. The smallest absolute Gasteiger partial charge is 0.404 e. The van der Waals surface area contributed by atoms with E-state index in [9.17, 15) is 4.79 Å². The van der Waals surface area contributed by atoms with Gasteiger partial charge in [0.05, 0.1) is 6.54 Å². The molecule has 5 heteroatoms. The fourth-order valence-corrected chi connectivity index (χ4v) is 0.992. The molecule has 1 aromatic heterocycles. The van der Waals surface area contributed by atoms with Gasteiger partial charge in [0.15, 0.2) is 0 Å². The molecule has 5 nitrogen and oxygen atoms in total. The molecule has 0 unspecified atom stereocenters. The van der Waals surface area contributed by atoms with E-state index >= 15 is 0 Å². The Morgan fingerprint density at radius 2 is 2.50 bits per heavy atom. The number of hydrogen-bond donors (Lipinski definition) is 2. The summed E-state index contributed by atoms with van der Waals surface area (Å²) in [6, 6.07) is 3.81. The SMILES string of the molecule is Cc1cccnc1NCCOC(N)=O. The average molecular weight is 195 g/mol. The summed E-state index contributed by atoms with van der Waals surface area (Å²) in [5.74, 6) is 0.792. The van der Waals surface area contributed by atoms with Gasteiger partial charge in [0.1, 0.15) is 12.4 Å². The highest BCUT2D eigenvalue weighted by atomic mass is 16.5. The number of ether oxygens (including phenoxy) is 1. The Kier molecular flexibility index (Phi) is 3.72. The molecule has 0 bridgehead atoms. The number of primary amides is 1. The Morgan fingerprint density at radius 3 is 3.14 bits per heavy atom. The molecule has 0 fully saturated rings. The molecule has 0 aliphatic rings. The van der Waals surface area contributed by atoms with Gasteiger partial charge >= 0.3 is 6.09 Å². The van der Waals surface area contributed by atoms with Gasteiger partial charge in [-0.05, 0) is 18.6 Å². The van der Waals surface area contributed by atoms with Gasteiger partial charge in [-0.15, -0.1) is 0 Å². The van der Waals surface area contributed by atoms with Crippen LogP contribution >= 0.6 is 0 Å². The number of nitrogens with zero attached hydrogens (tertiary/aromatic N) is 1. The Balaban J connectivity index is 2.31. The van der Waals surface area contributed by atoms with Crippen LogP contribution in [0.25, 0.3) is 0 Å². The van der Waals surface area contributed by atoms with Crippen LogP contribution in [-0.2, 0) is 4.74 Å². The monoisotopic (exact) mass is 195 g/mol. The minimum atomic E-state index is -0.760. The molecule has 0 radical (unpaired) electrons. The number of anilines is 1. The molecule has 0 aromatic carbocycles. The summed E-state index contributed by atoms with van der Waals surface area (Å²) in [6.07, 6.45) is 0.939. The van der Waals surface area contributed by atoms with Crippen LogP contribution in [0.2, 0.25) is 0 Å². The number of amides is 1. The second kappa shape index (κ2) is 5.06. The van der Waals surface area contributed by atoms with Crippen molar-refractivity contribution in [2.24, 2.45) is 5.73 Å². The van der Waals surface area contributed by atoms with Crippen LogP contribution in [0.4, 0.5) is 10.6 Å². The van der Waals surface area contributed by atoms with Gasteiger partial charge < -0.3 is 15.8 Å². The standard InChI is InChI=1S/C9H13N3O2/c1-7-3-2-4-11-8(7)12-5-6-14-9(10)13/h2-4H,5-6H2,1H3,(H2,10,13)(H,11,12). The van der Waals surface area contributed by atoms with Crippen molar-refractivity contribution in [1.82, 2.24) is 4.98 Å². The summed E-state index contributed by atoms with van der Waals surface area (Å²) in [5, 5.41) is 3.02. The Hall–Kier alpha value is -1.78. The molecule has 3 N–H and O–H groups in total. The molecule has 1 aromatic rings. The first kappa shape index (κ1) is 10.3. The van der Waals surface area contributed by atoms with E-state index in [4.69, 9.17) is 5.73 Å². The fraction of sp³-hybridized carbons (Fsp3) is 0.333. The highest BCUT2D eigenvalue weighted by Gasteiger charge is 1.97. The van der Waals surface area contributed by atoms with Crippen LogP contribution in [0.1, 0.15) is 5.56 Å². The lowest BCUT2D eigenvalue weighted by Gasteiger charge is -2.07. The third-order valence-corrected chi connectivity index (χ3v) is 1.65. The van der Waals surface area contributed by atoms with Crippen LogP contribution < -0.4 is 11.1 Å². The molecule has 1 amide bonds. The summed E-state index contributed by atoms with van der Waals surface area (Å²) in [5.41, 5.74) is 5.85. The zero-order chi connectivity index (χ0) is 10.4. The highest BCUT2D eigenvalue weighted by Crippen LogP contribution is 2.07. The summed E-state index contributed by atoms with van der Waals surface area (Å²) in [6.45, 7) is 2.69. The third kappa shape index (κ3) is 3.30. The highest BCUT2D eigenvalue weighted by molar-refractivity contribution is 5.64. The van der Waals surface area contributed by atoms with Crippen molar-refractivity contribution >= 4 is 11.9 Å². The third-order valence-electron chi connectivity index (χ3n) is 1.65. The van der Waals surface area contributed by atoms with E-state index in [1.54, 1.807) is 6.20 Å². The number of nitrogens with one attached hydrogen (secondary N) is 1. The maximum atomic E-state index is 10.2. The molecule has 1 heterocycles. The molecule has 0 atom stereocenters. The molecule has 0 aliphatic heterocycles. The number of hydrogen-bond acceptors (Lipinski definition) is 4. The second-order valence-corrected chi connectivity index (χ2v) is 2.76. The van der Waals surface area contributed by atoms with Gasteiger partial charge in [-0.1, -0.05) is 6.07 Å². The van der Waals surface area contributed by atoms with Crippen LogP contribution in [0.15, 0.2) is 18.3 Å². The molecule has 0 saturated heterocycles. The number of carbonyl (C=O) groups excluding carboxylic acids is 1. The number of carbonyl (C=O) groups is 1. The van der Waals surface area contributed by atoms with E-state index in [1.165, 1.54) is 0 Å². The number of aryl methyl sites for hydroxylation is 1. The predicted octanol–water partition coefficient (Wildman–Crippen LogP) is 0.897. The van der Waals surface area contributed by atoms with Gasteiger partial charge in [-0.2, -0.15) is 0 Å². The summed E-state index contributed by atoms with van der Waals surface area (Å²) in [4.78, 5) is 14.3. The normalized spacial score (nSPS) is 9.50. The van der Waals surface area contributed by atoms with Gasteiger partial charge in [-0.3, -0.25) is 0 Å². The van der Waals surface area contributed by atoms with Crippen molar-refractivity contribution in [2.45, 2.75) is 6.92 Å². The van der Waals surface area contributed by atoms with E-state index in [0.717, 1.165) is 11.4 Å². The molecule has 0 aliphatic carbocycles. The van der Waals surface area contributed by atoms with E-state index in [2.05, 4.69) is 15.0 Å². The van der Waals surface area contributed by atoms with Crippen molar-refractivity contribution in [2.75, 3.05) is 18.5 Å². The van der Waals surface area contributed by atoms with Crippen LogP contribution in [0.5, 0.6) is 0 Å². The first-order valence-corrected chi connectivity index (χ1v) is 4.28. The lowest BCUT2D eigenvalue weighted by Crippen LogP contribution is -2.18. The van der Waals surface area contributed by atoms with Gasteiger partial charge in [-0.25, -0.2) is 9.78 Å². The van der Waals surface area contributed by atoms with Crippen LogP contribution in [0.3, 0.4) is 0 Å². The van der Waals surface area contributed by atoms with E-state index in [0.29, 0.717) is 6.54 Å². The summed E-state index contributed by atoms with van der Waals surface area (Å²) < 4.78 is 4.55. The molecule has 0 saturated carbocycles. The number of aromatic nitrogens is 1. The van der Waals surface area contributed by atoms with Crippen molar-refractivity contribution in [3.63, 3.8) is 0 Å². The quantitative estimate of drug-likeness (QED) is 0.699. The molecule has 14 heavy (non-hydrogen) atoms. The Labute approximate surface area is 82.3 Å². The zero-order valence-corrected chi connectivity index (χ0v) is 7.99. The maximum Gasteiger partial charge on any atom is 0.404 e. The fourth-order valence-electron chi connectivity index (χ4n) is 0.992. The van der Waals surface area contributed by atoms with Gasteiger partial charge in [0.25, 0.3) is 0 Å². The lowest BCUT2D eigenvalue weighted by atomic mass is 10.3. The van der Waals surface area contributed by atoms with E-state index in [1.807, 2.05) is 19.1 Å². The zero-order valence-electron chi connectivity index (χ0n) is 7.99. The number of nitrogens with two attached hydrogens (primary N) is 1. The van der Waals surface area contributed by atoms with Crippen molar-refractivity contribution in [3.8, 4) is 0 Å². The molecule has 1 rings (SSSR count). The van der Waals surface area contributed by atoms with Crippen LogP contribution in [0, 0.1) is 6.92 Å². The van der Waals surface area contributed by atoms with E-state index < -0.39 is 6.09 Å². The van der Waals surface area contributed by atoms with Crippen molar-refractivity contribution in [1.29, 1.82) is 0 Å². The lowest BCUT2D eigenvalue weighted by molar-refractivity contribution is 0.161. The van der Waals surface area contributed by atoms with Gasteiger partial charge in [0.2, 0.25) is 0 Å². The predicted molar refractivity (Wildman–Crippen MR) is 53.0 cm³/mol. The minimum Gasteiger partial charge on any atom is -0.448 e.